The molecule has 1 N–H and O–H groups in total. The van der Waals surface area contributed by atoms with Crippen LogP contribution in [0.3, 0.4) is 0 Å². The van der Waals surface area contributed by atoms with Crippen LogP contribution in [0.15, 0.2) is 0 Å². The van der Waals surface area contributed by atoms with Gasteiger partial charge in [-0.3, -0.25) is 4.90 Å². The summed E-state index contributed by atoms with van der Waals surface area (Å²) < 4.78 is 0. The molecule has 0 amide bonds. The van der Waals surface area contributed by atoms with E-state index in [1.807, 2.05) is 0 Å². The van der Waals surface area contributed by atoms with Crippen LogP contribution in [0.25, 0.3) is 0 Å². The summed E-state index contributed by atoms with van der Waals surface area (Å²) in [4.78, 5) is 2.86. The highest BCUT2D eigenvalue weighted by Gasteiger charge is 2.32. The molecule has 3 rings (SSSR count). The Morgan fingerprint density at radius 1 is 1.00 bits per heavy atom. The second kappa shape index (κ2) is 7.26. The van der Waals surface area contributed by atoms with E-state index in [1.54, 1.807) is 0 Å². The van der Waals surface area contributed by atoms with Crippen molar-refractivity contribution in [3.8, 4) is 0 Å². The molecule has 2 nitrogen and oxygen atoms in total. The van der Waals surface area contributed by atoms with Crippen molar-refractivity contribution < 1.29 is 0 Å². The Bertz CT molecular complexity index is 281. The van der Waals surface area contributed by atoms with Crippen molar-refractivity contribution in [1.29, 1.82) is 0 Å². The van der Waals surface area contributed by atoms with E-state index in [2.05, 4.69) is 17.1 Å². The number of likely N-dealkylation sites (tertiary alicyclic amines) is 1. The smallest absolute Gasteiger partial charge is 0.0198 e. The second-order valence-electron chi connectivity index (χ2n) is 7.68. The van der Waals surface area contributed by atoms with Gasteiger partial charge in [-0.2, -0.15) is 0 Å². The van der Waals surface area contributed by atoms with Crippen LogP contribution in [0, 0.1) is 11.8 Å². The molecule has 0 aromatic rings. The molecule has 0 aromatic heterocycles. The number of rotatable bonds is 7. The standard InChI is InChI=1S/C18H34N2/c1-2-3-6-16-11-17(19-12-15-9-10-15)14-20(13-16)18-7-4-5-8-18/h15-19H,2-14H2,1H3. The molecule has 1 aliphatic heterocycles. The molecule has 3 aliphatic rings. The Morgan fingerprint density at radius 3 is 2.50 bits per heavy atom. The summed E-state index contributed by atoms with van der Waals surface area (Å²) >= 11 is 0. The van der Waals surface area contributed by atoms with Crippen LogP contribution < -0.4 is 5.32 Å². The predicted molar refractivity (Wildman–Crippen MR) is 86.0 cm³/mol. The third kappa shape index (κ3) is 4.21. The monoisotopic (exact) mass is 278 g/mol. The van der Waals surface area contributed by atoms with Crippen LogP contribution in [-0.4, -0.2) is 36.6 Å². The molecule has 2 atom stereocenters. The number of piperidine rings is 1. The van der Waals surface area contributed by atoms with Crippen LogP contribution in [0.2, 0.25) is 0 Å². The van der Waals surface area contributed by atoms with Crippen molar-refractivity contribution in [2.24, 2.45) is 11.8 Å². The number of hydrogen-bond acceptors (Lipinski definition) is 2. The number of nitrogens with one attached hydrogen (secondary N) is 1. The minimum atomic E-state index is 0.784. The molecule has 2 aliphatic carbocycles. The van der Waals surface area contributed by atoms with Crippen molar-refractivity contribution in [2.45, 2.75) is 83.2 Å². The lowest BCUT2D eigenvalue weighted by molar-refractivity contribution is 0.0940. The molecule has 3 fully saturated rings. The van der Waals surface area contributed by atoms with Gasteiger partial charge in [-0.15, -0.1) is 0 Å². The van der Waals surface area contributed by atoms with Crippen LogP contribution in [0.5, 0.6) is 0 Å². The molecular formula is C18H34N2. The molecule has 0 aromatic carbocycles. The van der Waals surface area contributed by atoms with Crippen molar-refractivity contribution >= 4 is 0 Å². The normalized spacial score (nSPS) is 32.9. The topological polar surface area (TPSA) is 15.3 Å². The molecule has 2 unspecified atom stereocenters. The molecule has 116 valence electrons. The number of unbranched alkanes of at least 4 members (excludes halogenated alkanes) is 1. The van der Waals surface area contributed by atoms with Gasteiger partial charge in [0.25, 0.3) is 0 Å². The molecule has 20 heavy (non-hydrogen) atoms. The maximum atomic E-state index is 3.90. The average molecular weight is 278 g/mol. The summed E-state index contributed by atoms with van der Waals surface area (Å²) in [5.74, 6) is 1.98. The van der Waals surface area contributed by atoms with E-state index in [1.165, 1.54) is 83.8 Å². The lowest BCUT2D eigenvalue weighted by Crippen LogP contribution is -2.52. The number of nitrogens with zero attached hydrogens (tertiary/aromatic N) is 1. The first-order valence-corrected chi connectivity index (χ1v) is 9.32. The van der Waals surface area contributed by atoms with Crippen molar-refractivity contribution in [3.63, 3.8) is 0 Å². The summed E-state index contributed by atoms with van der Waals surface area (Å²) in [6.07, 6.45) is 14.5. The van der Waals surface area contributed by atoms with Gasteiger partial charge < -0.3 is 5.32 Å². The first kappa shape index (κ1) is 14.8. The van der Waals surface area contributed by atoms with Gasteiger partial charge in [0.2, 0.25) is 0 Å². The summed E-state index contributed by atoms with van der Waals surface area (Å²) in [6.45, 7) is 6.36. The minimum absolute atomic E-state index is 0.784. The lowest BCUT2D eigenvalue weighted by atomic mass is 9.88. The van der Waals surface area contributed by atoms with Gasteiger partial charge >= 0.3 is 0 Å². The minimum Gasteiger partial charge on any atom is -0.312 e. The first-order chi connectivity index (χ1) is 9.85. The molecule has 0 radical (unpaired) electrons. The number of hydrogen-bond donors (Lipinski definition) is 1. The highest BCUT2D eigenvalue weighted by atomic mass is 15.2. The summed E-state index contributed by atoms with van der Waals surface area (Å²) in [6, 6.07) is 1.71. The summed E-state index contributed by atoms with van der Waals surface area (Å²) in [7, 11) is 0. The Labute approximate surface area is 125 Å². The molecule has 1 saturated heterocycles. The maximum absolute atomic E-state index is 3.90. The van der Waals surface area contributed by atoms with E-state index in [9.17, 15) is 0 Å². The molecule has 2 heteroatoms. The zero-order chi connectivity index (χ0) is 13.8. The van der Waals surface area contributed by atoms with Gasteiger partial charge in [0.05, 0.1) is 0 Å². The van der Waals surface area contributed by atoms with E-state index >= 15 is 0 Å². The zero-order valence-electron chi connectivity index (χ0n) is 13.4. The van der Waals surface area contributed by atoms with Crippen molar-refractivity contribution in [2.75, 3.05) is 19.6 Å². The van der Waals surface area contributed by atoms with Crippen molar-refractivity contribution in [1.82, 2.24) is 10.2 Å². The van der Waals surface area contributed by atoms with Crippen LogP contribution in [-0.2, 0) is 0 Å². The second-order valence-corrected chi connectivity index (χ2v) is 7.68. The fourth-order valence-electron chi connectivity index (χ4n) is 4.31. The molecule has 2 saturated carbocycles. The maximum Gasteiger partial charge on any atom is 0.0198 e. The van der Waals surface area contributed by atoms with Gasteiger partial charge in [-0.1, -0.05) is 32.6 Å². The molecule has 0 spiro atoms. The lowest BCUT2D eigenvalue weighted by Gasteiger charge is -2.41. The Morgan fingerprint density at radius 2 is 1.80 bits per heavy atom. The van der Waals surface area contributed by atoms with Crippen molar-refractivity contribution in [3.05, 3.63) is 0 Å². The summed E-state index contributed by atoms with van der Waals surface area (Å²) in [5, 5.41) is 3.90. The van der Waals surface area contributed by atoms with Crippen LogP contribution >= 0.6 is 0 Å². The third-order valence-corrected chi connectivity index (χ3v) is 5.76. The average Bonchev–Trinajstić information content (AvgIpc) is 3.14. The van der Waals surface area contributed by atoms with Gasteiger partial charge in [0.1, 0.15) is 0 Å². The summed E-state index contributed by atoms with van der Waals surface area (Å²) in [5.41, 5.74) is 0. The largest absolute Gasteiger partial charge is 0.312 e. The van der Waals surface area contributed by atoms with Crippen LogP contribution in [0.1, 0.15) is 71.1 Å². The van der Waals surface area contributed by atoms with E-state index in [0.29, 0.717) is 0 Å². The van der Waals surface area contributed by atoms with Gasteiger partial charge in [-0.05, 0) is 56.9 Å². The van der Waals surface area contributed by atoms with Gasteiger partial charge in [0.15, 0.2) is 0 Å². The molecular weight excluding hydrogens is 244 g/mol. The SMILES string of the molecule is CCCCC1CC(NCC2CC2)CN(C2CCCC2)C1. The fourth-order valence-corrected chi connectivity index (χ4v) is 4.31. The molecule has 0 bridgehead atoms. The Balaban J connectivity index is 1.51. The van der Waals surface area contributed by atoms with Gasteiger partial charge in [-0.25, -0.2) is 0 Å². The van der Waals surface area contributed by atoms with Crippen LogP contribution in [0.4, 0.5) is 0 Å². The first-order valence-electron chi connectivity index (χ1n) is 9.32. The highest BCUT2D eigenvalue weighted by molar-refractivity contribution is 4.89. The predicted octanol–water partition coefficient (Wildman–Crippen LogP) is 3.81. The van der Waals surface area contributed by atoms with Gasteiger partial charge in [0, 0.05) is 25.2 Å². The molecule has 1 heterocycles. The van der Waals surface area contributed by atoms with E-state index in [0.717, 1.165) is 23.9 Å². The fraction of sp³-hybridized carbons (Fsp3) is 1.00. The Hall–Kier alpha value is -0.0800. The Kier molecular flexibility index (Phi) is 5.39. The zero-order valence-corrected chi connectivity index (χ0v) is 13.4. The highest BCUT2D eigenvalue weighted by Crippen LogP contribution is 2.31. The quantitative estimate of drug-likeness (QED) is 0.762. The van der Waals surface area contributed by atoms with E-state index in [4.69, 9.17) is 0 Å². The third-order valence-electron chi connectivity index (χ3n) is 5.76. The van der Waals surface area contributed by atoms with E-state index in [-0.39, 0.29) is 0 Å². The van der Waals surface area contributed by atoms with E-state index < -0.39 is 0 Å².